The summed E-state index contributed by atoms with van der Waals surface area (Å²) in [5, 5.41) is 15.3. The van der Waals surface area contributed by atoms with Gasteiger partial charge in [-0.1, -0.05) is 29.3 Å². The van der Waals surface area contributed by atoms with Crippen LogP contribution in [0.3, 0.4) is 0 Å². The van der Waals surface area contributed by atoms with Crippen molar-refractivity contribution in [2.24, 2.45) is 0 Å². The summed E-state index contributed by atoms with van der Waals surface area (Å²) in [6.45, 7) is 1.91. The van der Waals surface area contributed by atoms with Crippen LogP contribution in [-0.2, 0) is 6.42 Å². The lowest BCUT2D eigenvalue weighted by molar-refractivity contribution is 0.122. The molecule has 5 rings (SSSR count). The van der Waals surface area contributed by atoms with Crippen molar-refractivity contribution in [3.63, 3.8) is 0 Å². The van der Waals surface area contributed by atoms with Gasteiger partial charge in [0.2, 0.25) is 5.88 Å². The van der Waals surface area contributed by atoms with Gasteiger partial charge < -0.3 is 15.2 Å². The van der Waals surface area contributed by atoms with Crippen molar-refractivity contribution in [3.05, 3.63) is 57.6 Å². The number of ether oxygens (including phenoxy) is 1. The molecule has 1 aromatic carbocycles. The molecule has 0 spiro atoms. The number of aromatic nitrogens is 3. The molecule has 1 aliphatic carbocycles. The molecule has 174 valence electrons. The van der Waals surface area contributed by atoms with Crippen molar-refractivity contribution in [2.45, 2.75) is 63.1 Å². The predicted octanol–water partition coefficient (Wildman–Crippen LogP) is 5.07. The highest BCUT2D eigenvalue weighted by molar-refractivity contribution is 6.42. The van der Waals surface area contributed by atoms with E-state index in [9.17, 15) is 5.11 Å². The Hall–Kier alpha value is -1.99. The zero-order chi connectivity index (χ0) is 22.8. The maximum Gasteiger partial charge on any atom is 0.224 e. The maximum atomic E-state index is 9.98. The average Bonchev–Trinajstić information content (AvgIpc) is 2.83. The quantitative estimate of drug-likeness (QED) is 0.523. The lowest BCUT2D eigenvalue weighted by Crippen LogP contribution is -2.34. The van der Waals surface area contributed by atoms with E-state index in [1.54, 1.807) is 6.07 Å². The van der Waals surface area contributed by atoms with E-state index < -0.39 is 0 Å². The lowest BCUT2D eigenvalue weighted by atomic mass is 9.82. The van der Waals surface area contributed by atoms with Gasteiger partial charge in [-0.2, -0.15) is 0 Å². The second-order valence-corrected chi connectivity index (χ2v) is 9.88. The van der Waals surface area contributed by atoms with Gasteiger partial charge in [-0.25, -0.2) is 15.0 Å². The van der Waals surface area contributed by atoms with Crippen molar-refractivity contribution < 1.29 is 9.84 Å². The van der Waals surface area contributed by atoms with Crippen LogP contribution in [0.1, 0.15) is 61.4 Å². The SMILES string of the molecule is OC1CCC(c2cnc(OC3CCNCC3)c3cnc(Cc4ccc(Cl)c(Cl)c4)nc23)CC1. The van der Waals surface area contributed by atoms with Gasteiger partial charge >= 0.3 is 0 Å². The summed E-state index contributed by atoms with van der Waals surface area (Å²) < 4.78 is 6.31. The number of aliphatic hydroxyl groups is 1. The largest absolute Gasteiger partial charge is 0.474 e. The van der Waals surface area contributed by atoms with E-state index in [1.165, 1.54) is 0 Å². The summed E-state index contributed by atoms with van der Waals surface area (Å²) >= 11 is 12.3. The van der Waals surface area contributed by atoms with E-state index in [2.05, 4.69) is 10.3 Å². The van der Waals surface area contributed by atoms with Gasteiger partial charge in [0, 0.05) is 24.4 Å². The van der Waals surface area contributed by atoms with E-state index >= 15 is 0 Å². The second kappa shape index (κ2) is 10.1. The number of piperidine rings is 1. The van der Waals surface area contributed by atoms with Crippen molar-refractivity contribution in [1.82, 2.24) is 20.3 Å². The highest BCUT2D eigenvalue weighted by atomic mass is 35.5. The average molecular weight is 487 g/mol. The number of hydrogen-bond acceptors (Lipinski definition) is 6. The van der Waals surface area contributed by atoms with Gasteiger partial charge in [-0.05, 0) is 75.2 Å². The molecule has 3 heterocycles. The number of hydrogen-bond donors (Lipinski definition) is 2. The number of rotatable bonds is 5. The molecule has 0 radical (unpaired) electrons. The summed E-state index contributed by atoms with van der Waals surface area (Å²) in [7, 11) is 0. The van der Waals surface area contributed by atoms with Gasteiger partial charge in [-0.3, -0.25) is 0 Å². The third-order valence-electron chi connectivity index (χ3n) is 6.71. The monoisotopic (exact) mass is 486 g/mol. The Labute approximate surface area is 203 Å². The molecule has 3 aromatic rings. The Balaban J connectivity index is 1.50. The fourth-order valence-electron chi connectivity index (χ4n) is 4.82. The fourth-order valence-corrected chi connectivity index (χ4v) is 5.14. The second-order valence-electron chi connectivity index (χ2n) is 9.07. The Kier molecular flexibility index (Phi) is 6.97. The Morgan fingerprint density at radius 2 is 1.76 bits per heavy atom. The molecule has 33 heavy (non-hydrogen) atoms. The molecule has 0 atom stereocenters. The zero-order valence-electron chi connectivity index (χ0n) is 18.4. The normalized spacial score (nSPS) is 21.9. The lowest BCUT2D eigenvalue weighted by Gasteiger charge is -2.27. The summed E-state index contributed by atoms with van der Waals surface area (Å²) in [6.07, 6.45) is 9.66. The van der Waals surface area contributed by atoms with Crippen LogP contribution in [0, 0.1) is 0 Å². The third-order valence-corrected chi connectivity index (χ3v) is 7.45. The standard InChI is InChI=1S/C25H28Cl2N4O2/c26-21-6-1-15(11-22(21)27)12-23-29-14-20-24(31-23)19(16-2-4-17(32)5-3-16)13-30-25(20)33-18-7-9-28-10-8-18/h1,6,11,13-14,16-18,28,32H,2-5,7-10,12H2. The number of pyridine rings is 1. The highest BCUT2D eigenvalue weighted by Crippen LogP contribution is 2.38. The smallest absolute Gasteiger partial charge is 0.224 e. The van der Waals surface area contributed by atoms with Crippen LogP contribution in [-0.4, -0.2) is 45.4 Å². The van der Waals surface area contributed by atoms with Crippen LogP contribution >= 0.6 is 23.2 Å². The van der Waals surface area contributed by atoms with Gasteiger partial charge in [-0.15, -0.1) is 0 Å². The van der Waals surface area contributed by atoms with Crippen LogP contribution in [0.2, 0.25) is 10.0 Å². The van der Waals surface area contributed by atoms with Gasteiger partial charge in [0.15, 0.2) is 0 Å². The van der Waals surface area contributed by atoms with E-state index in [-0.39, 0.29) is 12.2 Å². The summed E-state index contributed by atoms with van der Waals surface area (Å²) in [4.78, 5) is 14.3. The zero-order valence-corrected chi connectivity index (χ0v) is 19.9. The molecular weight excluding hydrogens is 459 g/mol. The molecule has 1 saturated heterocycles. The molecule has 2 aromatic heterocycles. The van der Waals surface area contributed by atoms with Gasteiger partial charge in [0.05, 0.1) is 27.1 Å². The Morgan fingerprint density at radius 1 is 0.970 bits per heavy atom. The molecule has 1 aliphatic heterocycles. The molecule has 0 unspecified atom stereocenters. The molecule has 6 nitrogen and oxygen atoms in total. The molecule has 2 N–H and O–H groups in total. The fraction of sp³-hybridized carbons (Fsp3) is 0.480. The molecule has 2 fully saturated rings. The summed E-state index contributed by atoms with van der Waals surface area (Å²) in [5.41, 5.74) is 3.03. The number of benzene rings is 1. The number of aliphatic hydroxyl groups excluding tert-OH is 1. The number of nitrogens with one attached hydrogen (secondary N) is 1. The minimum atomic E-state index is -0.206. The van der Waals surface area contributed by atoms with Crippen LogP contribution < -0.4 is 10.1 Å². The number of fused-ring (bicyclic) bond motifs is 1. The van der Waals surface area contributed by atoms with Crippen LogP contribution in [0.15, 0.2) is 30.6 Å². The minimum Gasteiger partial charge on any atom is -0.474 e. The molecule has 0 amide bonds. The van der Waals surface area contributed by atoms with E-state index in [0.717, 1.165) is 79.5 Å². The number of nitrogens with zero attached hydrogens (tertiary/aromatic N) is 3. The first-order valence-electron chi connectivity index (χ1n) is 11.7. The van der Waals surface area contributed by atoms with E-state index in [1.807, 2.05) is 24.5 Å². The van der Waals surface area contributed by atoms with Crippen molar-refractivity contribution in [2.75, 3.05) is 13.1 Å². The Morgan fingerprint density at radius 3 is 2.52 bits per heavy atom. The molecule has 1 saturated carbocycles. The first kappa shape index (κ1) is 22.8. The third kappa shape index (κ3) is 5.24. The highest BCUT2D eigenvalue weighted by Gasteiger charge is 2.25. The summed E-state index contributed by atoms with van der Waals surface area (Å²) in [6, 6.07) is 5.61. The van der Waals surface area contributed by atoms with Crippen molar-refractivity contribution in [3.8, 4) is 5.88 Å². The van der Waals surface area contributed by atoms with Crippen molar-refractivity contribution in [1.29, 1.82) is 0 Å². The van der Waals surface area contributed by atoms with Crippen LogP contribution in [0.4, 0.5) is 0 Å². The summed E-state index contributed by atoms with van der Waals surface area (Å²) in [5.74, 6) is 1.65. The first-order valence-corrected chi connectivity index (χ1v) is 12.5. The predicted molar refractivity (Wildman–Crippen MR) is 130 cm³/mol. The van der Waals surface area contributed by atoms with Crippen molar-refractivity contribution >= 4 is 34.1 Å². The van der Waals surface area contributed by atoms with Gasteiger partial charge in [0.1, 0.15) is 11.9 Å². The van der Waals surface area contributed by atoms with E-state index in [4.69, 9.17) is 37.9 Å². The number of halogens is 2. The minimum absolute atomic E-state index is 0.147. The molecule has 0 bridgehead atoms. The molecule has 2 aliphatic rings. The molecule has 8 heteroatoms. The van der Waals surface area contributed by atoms with Crippen LogP contribution in [0.25, 0.3) is 10.9 Å². The maximum absolute atomic E-state index is 9.98. The first-order chi connectivity index (χ1) is 16.1. The molecular formula is C25H28Cl2N4O2. The van der Waals surface area contributed by atoms with Gasteiger partial charge in [0.25, 0.3) is 0 Å². The topological polar surface area (TPSA) is 80.2 Å². The van der Waals surface area contributed by atoms with E-state index in [0.29, 0.717) is 28.3 Å². The Bertz CT molecular complexity index is 1130. The van der Waals surface area contributed by atoms with Crippen LogP contribution in [0.5, 0.6) is 5.88 Å².